The number of carbonyl (C=O) groups is 4. The second-order valence-electron chi connectivity index (χ2n) is 17.3. The van der Waals surface area contributed by atoms with Gasteiger partial charge in [0.15, 0.2) is 5.78 Å². The first kappa shape index (κ1) is 45.2. The molecule has 3 fully saturated rings. The zero-order chi connectivity index (χ0) is 40.8. The number of methoxy groups -OCH3 is 2. The minimum atomic E-state index is -2.42. The SMILES string of the molecule is CCC1=CC(C)C[C@H](C)C[C@H](OC)[C@H]2O[C@@](O)(C(=O)C(=O)N3CCCCC3C(=O)O[C@H](C(C)=C[C@@H]3CC[C@@H](O)[C@H](OC)C3)[C@H](C)[C@@H](O)CC1=O)[C@H](C)C[C@@H]2C. The molecule has 2 bridgehead atoms. The molecule has 0 spiro atoms. The number of cyclic esters (lactones) is 1. The highest BCUT2D eigenvalue weighted by Crippen LogP contribution is 2.41. The number of nitrogens with zero attached hydrogens (tertiary/aromatic N) is 1. The van der Waals surface area contributed by atoms with Gasteiger partial charge >= 0.3 is 5.97 Å². The van der Waals surface area contributed by atoms with Crippen molar-refractivity contribution in [3.63, 3.8) is 0 Å². The van der Waals surface area contributed by atoms with E-state index in [1.165, 1.54) is 4.90 Å². The zero-order valence-electron chi connectivity index (χ0n) is 34.7. The number of carbonyl (C=O) groups excluding carboxylic acids is 4. The number of hydrogen-bond acceptors (Lipinski definition) is 11. The molecule has 3 heterocycles. The summed E-state index contributed by atoms with van der Waals surface area (Å²) in [5.74, 6) is -6.77. The van der Waals surface area contributed by atoms with Gasteiger partial charge in [-0.25, -0.2) is 4.79 Å². The Morgan fingerprint density at radius 3 is 2.27 bits per heavy atom. The average Bonchev–Trinajstić information content (AvgIpc) is 3.15. The molecular weight excluding hydrogens is 706 g/mol. The van der Waals surface area contributed by atoms with Crippen LogP contribution >= 0.6 is 0 Å². The Morgan fingerprint density at radius 2 is 1.62 bits per heavy atom. The standard InChI is InChI=1S/C43H69NO11/c1-10-31-18-24(2)17-25(3)19-37(53-9)39-26(4)20-28(6)43(51,55-39)40(48)41(49)44-16-12-11-13-32(44)42(50)54-38(29(7)34(46)23-35(31)47)27(5)21-30-14-15-33(45)36(22-30)52-8/h18,21,24-26,28-30,32-34,36-39,45-46,51H,10-17,19-20,22-23H2,1-9H3/t24?,25-,26-,28+,29+,30-,32?,33+,34-,36+,37-,38+,39-,43+/m0/s1. The molecule has 12 nitrogen and oxygen atoms in total. The number of ether oxygens (including phenoxy) is 4. The number of fused-ring (bicyclic) bond motifs is 3. The Hall–Kier alpha value is -2.48. The van der Waals surface area contributed by atoms with Crippen LogP contribution < -0.4 is 0 Å². The molecule has 0 aromatic carbocycles. The molecule has 4 aliphatic rings. The van der Waals surface area contributed by atoms with Crippen LogP contribution in [0.4, 0.5) is 0 Å². The van der Waals surface area contributed by atoms with Gasteiger partial charge < -0.3 is 39.2 Å². The van der Waals surface area contributed by atoms with Crippen molar-refractivity contribution in [3.8, 4) is 0 Å². The number of aliphatic hydroxyl groups is 3. The lowest BCUT2D eigenvalue weighted by molar-refractivity contribution is -0.290. The van der Waals surface area contributed by atoms with Crippen molar-refractivity contribution in [3.05, 3.63) is 23.3 Å². The monoisotopic (exact) mass is 775 g/mol. The summed E-state index contributed by atoms with van der Waals surface area (Å²) in [5, 5.41) is 34.0. The van der Waals surface area contributed by atoms with Gasteiger partial charge in [-0.15, -0.1) is 0 Å². The van der Waals surface area contributed by atoms with Crippen LogP contribution in [0.25, 0.3) is 0 Å². The van der Waals surface area contributed by atoms with E-state index in [1.54, 1.807) is 28.1 Å². The number of esters is 1. The van der Waals surface area contributed by atoms with Crippen LogP contribution in [-0.4, -0.2) is 113 Å². The number of Topliss-reactive ketones (excluding diaryl/α,β-unsaturated/α-hetero) is 2. The van der Waals surface area contributed by atoms with E-state index >= 15 is 0 Å². The van der Waals surface area contributed by atoms with Crippen LogP contribution in [0.2, 0.25) is 0 Å². The van der Waals surface area contributed by atoms with Gasteiger partial charge in [-0.05, 0) is 106 Å². The topological polar surface area (TPSA) is 169 Å². The van der Waals surface area contributed by atoms with Crippen LogP contribution in [-0.2, 0) is 38.1 Å². The van der Waals surface area contributed by atoms with Crippen LogP contribution in [0.1, 0.15) is 119 Å². The number of amides is 1. The molecular formula is C43H69NO11. The molecule has 4 rings (SSSR count). The van der Waals surface area contributed by atoms with E-state index in [0.29, 0.717) is 62.5 Å². The number of piperidine rings is 1. The molecule has 3 N–H and O–H groups in total. The third kappa shape index (κ3) is 10.7. The number of aliphatic hydroxyl groups excluding tert-OH is 2. The number of allylic oxidation sites excluding steroid dienone is 3. The predicted molar refractivity (Wildman–Crippen MR) is 206 cm³/mol. The first-order valence-electron chi connectivity index (χ1n) is 20.7. The van der Waals surface area contributed by atoms with E-state index in [4.69, 9.17) is 18.9 Å². The van der Waals surface area contributed by atoms with E-state index < -0.39 is 71.8 Å². The van der Waals surface area contributed by atoms with Gasteiger partial charge in [0.2, 0.25) is 5.79 Å². The number of rotatable bonds is 5. The van der Waals surface area contributed by atoms with E-state index in [0.717, 1.165) is 6.42 Å². The lowest BCUT2D eigenvalue weighted by Gasteiger charge is -2.46. The molecule has 0 radical (unpaired) electrons. The summed E-state index contributed by atoms with van der Waals surface area (Å²) in [4.78, 5) is 57.5. The van der Waals surface area contributed by atoms with Gasteiger partial charge in [-0.1, -0.05) is 53.7 Å². The molecule has 0 aromatic heterocycles. The van der Waals surface area contributed by atoms with Crippen LogP contribution in [0.3, 0.4) is 0 Å². The molecule has 14 atom stereocenters. The highest BCUT2D eigenvalue weighted by Gasteiger charge is 2.55. The summed E-state index contributed by atoms with van der Waals surface area (Å²) in [6.07, 6.45) is 5.05. The fourth-order valence-electron chi connectivity index (χ4n) is 9.57. The van der Waals surface area contributed by atoms with E-state index in [-0.39, 0.29) is 54.9 Å². The number of hydrogen-bond donors (Lipinski definition) is 3. The minimum absolute atomic E-state index is 0.00882. The maximum Gasteiger partial charge on any atom is 0.329 e. The van der Waals surface area contributed by atoms with Crippen molar-refractivity contribution in [1.29, 1.82) is 0 Å². The molecule has 312 valence electrons. The van der Waals surface area contributed by atoms with Crippen LogP contribution in [0, 0.1) is 35.5 Å². The summed E-state index contributed by atoms with van der Waals surface area (Å²) in [6, 6.07) is -1.11. The van der Waals surface area contributed by atoms with Crippen molar-refractivity contribution in [2.45, 2.75) is 168 Å². The summed E-state index contributed by atoms with van der Waals surface area (Å²) >= 11 is 0. The lowest BCUT2D eigenvalue weighted by atomic mass is 9.78. The first-order chi connectivity index (χ1) is 25.9. The summed E-state index contributed by atoms with van der Waals surface area (Å²) < 4.78 is 24.0. The second kappa shape index (κ2) is 19.8. The van der Waals surface area contributed by atoms with Crippen molar-refractivity contribution in [2.24, 2.45) is 35.5 Å². The second-order valence-corrected chi connectivity index (χ2v) is 17.3. The highest BCUT2D eigenvalue weighted by atomic mass is 16.7. The Bertz CT molecular complexity index is 1410. The molecule has 1 saturated carbocycles. The van der Waals surface area contributed by atoms with Gasteiger partial charge in [0, 0.05) is 39.0 Å². The maximum atomic E-state index is 14.3. The Morgan fingerprint density at radius 1 is 0.927 bits per heavy atom. The molecule has 2 saturated heterocycles. The molecule has 1 aliphatic carbocycles. The highest BCUT2D eigenvalue weighted by molar-refractivity contribution is 6.39. The van der Waals surface area contributed by atoms with Crippen LogP contribution in [0.15, 0.2) is 23.3 Å². The van der Waals surface area contributed by atoms with E-state index in [9.17, 15) is 34.5 Å². The third-order valence-electron chi connectivity index (χ3n) is 12.9. The Labute approximate surface area is 328 Å². The zero-order valence-corrected chi connectivity index (χ0v) is 34.7. The third-order valence-corrected chi connectivity index (χ3v) is 12.9. The lowest BCUT2D eigenvalue weighted by Crippen LogP contribution is -2.63. The molecule has 1 amide bonds. The maximum absolute atomic E-state index is 14.3. The fourth-order valence-corrected chi connectivity index (χ4v) is 9.57. The summed E-state index contributed by atoms with van der Waals surface area (Å²) in [5.41, 5.74) is 1.30. The van der Waals surface area contributed by atoms with Gasteiger partial charge in [0.1, 0.15) is 12.1 Å². The Balaban J connectivity index is 1.75. The average molecular weight is 776 g/mol. The normalized spacial score (nSPS) is 41.2. The smallest absolute Gasteiger partial charge is 0.329 e. The first-order valence-corrected chi connectivity index (χ1v) is 20.7. The van der Waals surface area contributed by atoms with Gasteiger partial charge in [-0.2, -0.15) is 0 Å². The van der Waals surface area contributed by atoms with Gasteiger partial charge in [0.05, 0.1) is 30.5 Å². The number of ketones is 2. The quantitative estimate of drug-likeness (QED) is 0.193. The van der Waals surface area contributed by atoms with Crippen molar-refractivity contribution < 1.29 is 53.4 Å². The van der Waals surface area contributed by atoms with Crippen LogP contribution in [0.5, 0.6) is 0 Å². The van der Waals surface area contributed by atoms with Gasteiger partial charge in [-0.3, -0.25) is 14.4 Å². The fraction of sp³-hybridized carbons (Fsp3) is 0.814. The molecule has 55 heavy (non-hydrogen) atoms. The molecule has 2 unspecified atom stereocenters. The largest absolute Gasteiger partial charge is 0.456 e. The van der Waals surface area contributed by atoms with E-state index in [1.807, 2.05) is 32.9 Å². The Kier molecular flexibility index (Phi) is 16.3. The summed E-state index contributed by atoms with van der Waals surface area (Å²) in [7, 11) is 3.14. The van der Waals surface area contributed by atoms with Gasteiger partial charge in [0.25, 0.3) is 11.7 Å². The molecule has 0 aromatic rings. The van der Waals surface area contributed by atoms with Crippen molar-refractivity contribution in [1.82, 2.24) is 4.90 Å². The molecule has 3 aliphatic heterocycles. The van der Waals surface area contributed by atoms with Crippen molar-refractivity contribution >= 4 is 23.4 Å². The minimum Gasteiger partial charge on any atom is -0.456 e. The summed E-state index contributed by atoms with van der Waals surface area (Å²) in [6.45, 7) is 13.4. The van der Waals surface area contributed by atoms with Crippen molar-refractivity contribution in [2.75, 3.05) is 20.8 Å². The predicted octanol–water partition coefficient (Wildman–Crippen LogP) is 5.09. The van der Waals surface area contributed by atoms with E-state index in [2.05, 4.69) is 13.8 Å². The molecule has 12 heteroatoms.